The number of carbonyl (C=O) groups excluding carboxylic acids is 2. The van der Waals surface area contributed by atoms with E-state index in [4.69, 9.17) is 5.73 Å². The standard InChI is InChI=1S/C10H14N2O2/c1-7(13)12-6-8-3-2-4-9(5-8)10(11)14/h2,4-5,8H,3,6H2,1H3,(H2,11,14)(H,12,13). The molecule has 1 atom stereocenters. The van der Waals surface area contributed by atoms with Crippen LogP contribution in [0.3, 0.4) is 0 Å². The molecule has 0 spiro atoms. The van der Waals surface area contributed by atoms with Gasteiger partial charge in [-0.3, -0.25) is 9.59 Å². The summed E-state index contributed by atoms with van der Waals surface area (Å²) in [5.41, 5.74) is 5.66. The lowest BCUT2D eigenvalue weighted by molar-refractivity contribution is -0.119. The monoisotopic (exact) mass is 194 g/mol. The molecule has 1 rings (SSSR count). The number of hydrogen-bond acceptors (Lipinski definition) is 2. The van der Waals surface area contributed by atoms with Crippen LogP contribution in [0.5, 0.6) is 0 Å². The number of nitrogens with two attached hydrogens (primary N) is 1. The second-order valence-corrected chi connectivity index (χ2v) is 3.32. The Labute approximate surface area is 82.9 Å². The van der Waals surface area contributed by atoms with Crippen molar-refractivity contribution in [2.24, 2.45) is 11.7 Å². The molecule has 0 saturated heterocycles. The smallest absolute Gasteiger partial charge is 0.248 e. The van der Waals surface area contributed by atoms with Crippen LogP contribution in [0.2, 0.25) is 0 Å². The predicted molar refractivity (Wildman–Crippen MR) is 53.2 cm³/mol. The summed E-state index contributed by atoms with van der Waals surface area (Å²) in [6.07, 6.45) is 6.24. The molecule has 0 heterocycles. The second-order valence-electron chi connectivity index (χ2n) is 3.32. The lowest BCUT2D eigenvalue weighted by atomic mass is 9.96. The van der Waals surface area contributed by atoms with Crippen molar-refractivity contribution in [1.29, 1.82) is 0 Å². The zero-order valence-corrected chi connectivity index (χ0v) is 8.12. The van der Waals surface area contributed by atoms with Gasteiger partial charge in [-0.2, -0.15) is 0 Å². The Hall–Kier alpha value is -1.58. The summed E-state index contributed by atoms with van der Waals surface area (Å²) in [4.78, 5) is 21.5. The van der Waals surface area contributed by atoms with Crippen molar-refractivity contribution in [1.82, 2.24) is 5.32 Å². The Morgan fingerprint density at radius 2 is 2.36 bits per heavy atom. The van der Waals surface area contributed by atoms with Crippen LogP contribution >= 0.6 is 0 Å². The van der Waals surface area contributed by atoms with Gasteiger partial charge in [0, 0.05) is 19.0 Å². The second kappa shape index (κ2) is 4.60. The van der Waals surface area contributed by atoms with Crippen molar-refractivity contribution in [2.45, 2.75) is 13.3 Å². The van der Waals surface area contributed by atoms with E-state index in [0.717, 1.165) is 6.42 Å². The van der Waals surface area contributed by atoms with Crippen LogP contribution in [0.15, 0.2) is 23.8 Å². The van der Waals surface area contributed by atoms with Crippen LogP contribution in [-0.2, 0) is 9.59 Å². The van der Waals surface area contributed by atoms with Crippen molar-refractivity contribution in [3.63, 3.8) is 0 Å². The Bertz CT molecular complexity index is 305. The van der Waals surface area contributed by atoms with Crippen molar-refractivity contribution >= 4 is 11.8 Å². The fraction of sp³-hybridized carbons (Fsp3) is 0.400. The minimum absolute atomic E-state index is 0.0615. The maximum atomic E-state index is 10.9. The molecule has 1 aliphatic carbocycles. The van der Waals surface area contributed by atoms with E-state index in [-0.39, 0.29) is 11.8 Å². The molecular weight excluding hydrogens is 180 g/mol. The molecule has 0 aromatic rings. The summed E-state index contributed by atoms with van der Waals surface area (Å²) in [7, 11) is 0. The largest absolute Gasteiger partial charge is 0.366 e. The maximum Gasteiger partial charge on any atom is 0.248 e. The Morgan fingerprint density at radius 3 is 2.93 bits per heavy atom. The number of primary amides is 1. The molecule has 0 fully saturated rings. The van der Waals surface area contributed by atoms with E-state index in [9.17, 15) is 9.59 Å². The zero-order valence-electron chi connectivity index (χ0n) is 8.12. The zero-order chi connectivity index (χ0) is 10.6. The topological polar surface area (TPSA) is 72.2 Å². The number of allylic oxidation sites excluding steroid dienone is 1. The number of rotatable bonds is 3. The van der Waals surface area contributed by atoms with E-state index in [2.05, 4.69) is 5.32 Å². The average Bonchev–Trinajstić information content (AvgIpc) is 2.15. The fourth-order valence-corrected chi connectivity index (χ4v) is 1.33. The number of hydrogen-bond donors (Lipinski definition) is 2. The quantitative estimate of drug-likeness (QED) is 0.669. The molecule has 1 aliphatic rings. The van der Waals surface area contributed by atoms with Gasteiger partial charge in [-0.1, -0.05) is 18.2 Å². The minimum atomic E-state index is -0.422. The molecule has 4 nitrogen and oxygen atoms in total. The molecule has 0 bridgehead atoms. The molecule has 4 heteroatoms. The maximum absolute atomic E-state index is 10.9. The van der Waals surface area contributed by atoms with Gasteiger partial charge in [0.05, 0.1) is 0 Å². The van der Waals surface area contributed by atoms with Gasteiger partial charge in [0.15, 0.2) is 0 Å². The van der Waals surface area contributed by atoms with E-state index >= 15 is 0 Å². The highest BCUT2D eigenvalue weighted by Gasteiger charge is 2.12. The number of amides is 2. The van der Waals surface area contributed by atoms with E-state index in [0.29, 0.717) is 12.1 Å². The van der Waals surface area contributed by atoms with Crippen molar-refractivity contribution in [3.05, 3.63) is 23.8 Å². The molecule has 1 unspecified atom stereocenters. The van der Waals surface area contributed by atoms with Crippen molar-refractivity contribution < 1.29 is 9.59 Å². The molecule has 0 radical (unpaired) electrons. The van der Waals surface area contributed by atoms with E-state index < -0.39 is 5.91 Å². The van der Waals surface area contributed by atoms with Crippen LogP contribution in [0.4, 0.5) is 0 Å². The molecule has 76 valence electrons. The highest BCUT2D eigenvalue weighted by atomic mass is 16.1. The Morgan fingerprint density at radius 1 is 1.64 bits per heavy atom. The van der Waals surface area contributed by atoms with Gasteiger partial charge in [0.1, 0.15) is 0 Å². The SMILES string of the molecule is CC(=O)NCC1C=C(C(N)=O)C=CC1. The first-order chi connectivity index (χ1) is 6.59. The fourth-order valence-electron chi connectivity index (χ4n) is 1.33. The van der Waals surface area contributed by atoms with Gasteiger partial charge in [-0.25, -0.2) is 0 Å². The first-order valence-corrected chi connectivity index (χ1v) is 4.52. The molecule has 0 aliphatic heterocycles. The molecule has 14 heavy (non-hydrogen) atoms. The van der Waals surface area contributed by atoms with Crippen molar-refractivity contribution in [2.75, 3.05) is 6.54 Å². The number of carbonyl (C=O) groups is 2. The first kappa shape index (κ1) is 10.5. The van der Waals surface area contributed by atoms with Gasteiger partial charge < -0.3 is 11.1 Å². The van der Waals surface area contributed by atoms with E-state index in [1.807, 2.05) is 6.08 Å². The van der Waals surface area contributed by atoms with Crippen LogP contribution in [0.1, 0.15) is 13.3 Å². The summed E-state index contributed by atoms with van der Waals surface area (Å²) in [6.45, 7) is 2.02. The van der Waals surface area contributed by atoms with Crippen LogP contribution in [0.25, 0.3) is 0 Å². The Kier molecular flexibility index (Phi) is 3.45. The number of nitrogens with one attached hydrogen (secondary N) is 1. The molecule has 2 amide bonds. The lowest BCUT2D eigenvalue weighted by Gasteiger charge is -2.15. The highest BCUT2D eigenvalue weighted by molar-refractivity contribution is 5.95. The van der Waals surface area contributed by atoms with Gasteiger partial charge in [0.25, 0.3) is 0 Å². The molecule has 3 N–H and O–H groups in total. The van der Waals surface area contributed by atoms with Gasteiger partial charge in [0.2, 0.25) is 11.8 Å². The molecule has 0 aromatic carbocycles. The Balaban J connectivity index is 2.53. The minimum Gasteiger partial charge on any atom is -0.366 e. The summed E-state index contributed by atoms with van der Waals surface area (Å²) < 4.78 is 0. The van der Waals surface area contributed by atoms with Crippen molar-refractivity contribution in [3.8, 4) is 0 Å². The molecule has 0 saturated carbocycles. The first-order valence-electron chi connectivity index (χ1n) is 4.52. The highest BCUT2D eigenvalue weighted by Crippen LogP contribution is 2.15. The third kappa shape index (κ3) is 3.05. The van der Waals surface area contributed by atoms with E-state index in [1.165, 1.54) is 6.92 Å². The predicted octanol–water partition coefficient (Wildman–Crippen LogP) is 0.110. The molecule has 0 aromatic heterocycles. The van der Waals surface area contributed by atoms with E-state index in [1.54, 1.807) is 12.2 Å². The van der Waals surface area contributed by atoms with Gasteiger partial charge >= 0.3 is 0 Å². The summed E-state index contributed by atoms with van der Waals surface area (Å²) in [5, 5.41) is 2.71. The van der Waals surface area contributed by atoms with Crippen LogP contribution in [0, 0.1) is 5.92 Å². The normalized spacial score (nSPS) is 20.1. The third-order valence-electron chi connectivity index (χ3n) is 2.05. The summed E-state index contributed by atoms with van der Waals surface area (Å²) in [5.74, 6) is -0.311. The average molecular weight is 194 g/mol. The van der Waals surface area contributed by atoms with Gasteiger partial charge in [-0.05, 0) is 12.3 Å². The summed E-state index contributed by atoms with van der Waals surface area (Å²) >= 11 is 0. The lowest BCUT2D eigenvalue weighted by Crippen LogP contribution is -2.27. The summed E-state index contributed by atoms with van der Waals surface area (Å²) in [6, 6.07) is 0. The van der Waals surface area contributed by atoms with Gasteiger partial charge in [-0.15, -0.1) is 0 Å². The van der Waals surface area contributed by atoms with Crippen LogP contribution in [-0.4, -0.2) is 18.4 Å². The molecular formula is C10H14N2O2. The van der Waals surface area contributed by atoms with Crippen LogP contribution < -0.4 is 11.1 Å². The third-order valence-corrected chi connectivity index (χ3v) is 2.05.